The first-order valence-electron chi connectivity index (χ1n) is 10.3. The Morgan fingerprint density at radius 3 is 1.46 bits per heavy atom. The minimum absolute atomic E-state index is 0.00754. The molecule has 0 aromatic heterocycles. The van der Waals surface area contributed by atoms with E-state index < -0.39 is 0 Å². The number of hydrogen-bond donors (Lipinski definition) is 1. The van der Waals surface area contributed by atoms with Crippen LogP contribution in [0.2, 0.25) is 0 Å². The maximum absolute atomic E-state index is 13.4. The highest BCUT2D eigenvalue weighted by Crippen LogP contribution is 2.35. The van der Waals surface area contributed by atoms with Crippen LogP contribution < -0.4 is 5.73 Å². The third-order valence-electron chi connectivity index (χ3n) is 6.67. The van der Waals surface area contributed by atoms with Crippen molar-refractivity contribution >= 4 is 11.8 Å². The number of nitrogens with two attached hydrogens (primary N) is 1. The molecule has 3 aliphatic rings. The Balaban J connectivity index is 1.67. The summed E-state index contributed by atoms with van der Waals surface area (Å²) >= 11 is 0. The van der Waals surface area contributed by atoms with Crippen molar-refractivity contribution in [3.63, 3.8) is 0 Å². The van der Waals surface area contributed by atoms with Gasteiger partial charge >= 0.3 is 0 Å². The summed E-state index contributed by atoms with van der Waals surface area (Å²) in [6.07, 6.45) is 15.8. The third kappa shape index (κ3) is 4.12. The first kappa shape index (κ1) is 17.8. The average Bonchev–Trinajstić information content (AvgIpc) is 2.64. The molecule has 2 N–H and O–H groups in total. The van der Waals surface area contributed by atoms with Crippen LogP contribution >= 0.6 is 0 Å². The van der Waals surface area contributed by atoms with Gasteiger partial charge in [-0.05, 0) is 51.4 Å². The van der Waals surface area contributed by atoms with E-state index in [0.717, 1.165) is 25.7 Å². The second-order valence-electron chi connectivity index (χ2n) is 8.28. The molecule has 3 fully saturated rings. The predicted molar refractivity (Wildman–Crippen MR) is 95.2 cm³/mol. The van der Waals surface area contributed by atoms with Gasteiger partial charge in [-0.2, -0.15) is 0 Å². The van der Waals surface area contributed by atoms with Crippen LogP contribution in [0.3, 0.4) is 0 Å². The molecule has 24 heavy (non-hydrogen) atoms. The Morgan fingerprint density at radius 2 is 1.04 bits per heavy atom. The molecule has 0 atom stereocenters. The molecule has 0 heterocycles. The van der Waals surface area contributed by atoms with Crippen LogP contribution in [0.15, 0.2) is 0 Å². The molecule has 136 valence electrons. The number of carbonyl (C=O) groups excluding carboxylic acids is 2. The molecule has 3 rings (SSSR count). The van der Waals surface area contributed by atoms with Gasteiger partial charge in [-0.3, -0.25) is 9.59 Å². The molecule has 4 heteroatoms. The molecular weight excluding hydrogens is 300 g/mol. The minimum atomic E-state index is -0.183. The lowest BCUT2D eigenvalue weighted by atomic mass is 9.79. The van der Waals surface area contributed by atoms with Gasteiger partial charge in [-0.25, -0.2) is 0 Å². The zero-order chi connectivity index (χ0) is 16.9. The molecule has 0 aromatic rings. The van der Waals surface area contributed by atoms with Crippen LogP contribution in [-0.4, -0.2) is 28.8 Å². The summed E-state index contributed by atoms with van der Waals surface area (Å²) in [7, 11) is 0. The Bertz CT molecular complexity index is 413. The van der Waals surface area contributed by atoms with E-state index in [4.69, 9.17) is 5.73 Å². The normalized spacial score (nSPS) is 30.0. The van der Waals surface area contributed by atoms with Crippen molar-refractivity contribution in [2.75, 3.05) is 0 Å². The molecule has 2 amide bonds. The lowest BCUT2D eigenvalue weighted by Gasteiger charge is -2.44. The van der Waals surface area contributed by atoms with Gasteiger partial charge in [-0.1, -0.05) is 38.5 Å². The number of hydrogen-bond acceptors (Lipinski definition) is 2. The summed E-state index contributed by atoms with van der Waals surface area (Å²) in [6.45, 7) is 0. The fourth-order valence-corrected chi connectivity index (χ4v) is 5.21. The van der Waals surface area contributed by atoms with Crippen molar-refractivity contribution in [2.45, 2.75) is 102 Å². The van der Waals surface area contributed by atoms with E-state index in [9.17, 15) is 9.59 Å². The van der Waals surface area contributed by atoms with Crippen molar-refractivity contribution in [3.05, 3.63) is 0 Å². The lowest BCUT2D eigenvalue weighted by Crippen LogP contribution is -2.51. The van der Waals surface area contributed by atoms with Crippen LogP contribution in [0.4, 0.5) is 0 Å². The third-order valence-corrected chi connectivity index (χ3v) is 6.67. The van der Waals surface area contributed by atoms with Crippen LogP contribution in [-0.2, 0) is 9.59 Å². The molecule has 0 saturated heterocycles. The van der Waals surface area contributed by atoms with Gasteiger partial charge in [0.25, 0.3) is 0 Å². The highest BCUT2D eigenvalue weighted by Gasteiger charge is 2.37. The topological polar surface area (TPSA) is 63.4 Å². The molecule has 4 nitrogen and oxygen atoms in total. The second kappa shape index (κ2) is 8.35. The Hall–Kier alpha value is -1.06. The van der Waals surface area contributed by atoms with E-state index >= 15 is 0 Å². The molecule has 0 spiro atoms. The highest BCUT2D eigenvalue weighted by molar-refractivity contribution is 5.81. The predicted octanol–water partition coefficient (Wildman–Crippen LogP) is 3.77. The van der Waals surface area contributed by atoms with Gasteiger partial charge < -0.3 is 10.6 Å². The first-order valence-corrected chi connectivity index (χ1v) is 10.3. The van der Waals surface area contributed by atoms with E-state index in [2.05, 4.69) is 4.90 Å². The summed E-state index contributed by atoms with van der Waals surface area (Å²) < 4.78 is 0. The first-order chi connectivity index (χ1) is 11.7. The molecule has 3 aliphatic carbocycles. The number of amides is 2. The number of nitrogens with zero attached hydrogens (tertiary/aromatic N) is 1. The largest absolute Gasteiger partial charge is 0.369 e. The maximum Gasteiger partial charge on any atom is 0.226 e. The van der Waals surface area contributed by atoms with Crippen molar-refractivity contribution in [3.8, 4) is 0 Å². The monoisotopic (exact) mass is 334 g/mol. The quantitative estimate of drug-likeness (QED) is 0.850. The summed E-state index contributed by atoms with van der Waals surface area (Å²) in [5, 5.41) is 0. The van der Waals surface area contributed by atoms with Crippen LogP contribution in [0, 0.1) is 11.8 Å². The van der Waals surface area contributed by atoms with Crippen LogP contribution in [0.25, 0.3) is 0 Å². The van der Waals surface area contributed by atoms with Crippen LogP contribution in [0.5, 0.6) is 0 Å². The van der Waals surface area contributed by atoms with Gasteiger partial charge in [-0.15, -0.1) is 0 Å². The minimum Gasteiger partial charge on any atom is -0.369 e. The molecule has 0 bridgehead atoms. The highest BCUT2D eigenvalue weighted by atomic mass is 16.2. The SMILES string of the molecule is NC(=O)C1CCC(C(=O)N(C2CCCCC2)C2CCCCC2)CC1. The number of rotatable bonds is 4. The number of carbonyl (C=O) groups is 2. The summed E-state index contributed by atoms with van der Waals surface area (Å²) in [6, 6.07) is 0.950. The van der Waals surface area contributed by atoms with E-state index in [1.54, 1.807) is 0 Å². The van der Waals surface area contributed by atoms with E-state index in [1.807, 2.05) is 0 Å². The Morgan fingerprint density at radius 1 is 0.625 bits per heavy atom. The van der Waals surface area contributed by atoms with E-state index in [-0.39, 0.29) is 17.7 Å². The van der Waals surface area contributed by atoms with E-state index in [1.165, 1.54) is 64.2 Å². The standard InChI is InChI=1S/C20H34N2O2/c21-19(23)15-11-13-16(14-12-15)20(24)22(17-7-3-1-4-8-17)18-9-5-2-6-10-18/h15-18H,1-14H2,(H2,21,23). The summed E-state index contributed by atoms with van der Waals surface area (Å²) in [5.74, 6) is 0.338. The number of primary amides is 1. The molecular formula is C20H34N2O2. The molecule has 0 aromatic carbocycles. The summed E-state index contributed by atoms with van der Waals surface area (Å²) in [4.78, 5) is 27.1. The smallest absolute Gasteiger partial charge is 0.226 e. The van der Waals surface area contributed by atoms with Crippen molar-refractivity contribution < 1.29 is 9.59 Å². The molecule has 0 aliphatic heterocycles. The van der Waals surface area contributed by atoms with Crippen LogP contribution in [0.1, 0.15) is 89.9 Å². The average molecular weight is 335 g/mol. The molecule has 0 unspecified atom stereocenters. The van der Waals surface area contributed by atoms with Crippen molar-refractivity contribution in [2.24, 2.45) is 17.6 Å². The zero-order valence-electron chi connectivity index (χ0n) is 15.0. The fourth-order valence-electron chi connectivity index (χ4n) is 5.21. The zero-order valence-corrected chi connectivity index (χ0v) is 15.0. The fraction of sp³-hybridized carbons (Fsp3) is 0.900. The Kier molecular flexibility index (Phi) is 6.18. The van der Waals surface area contributed by atoms with Gasteiger partial charge in [0.2, 0.25) is 11.8 Å². The maximum atomic E-state index is 13.4. The van der Waals surface area contributed by atoms with Gasteiger partial charge in [0.15, 0.2) is 0 Å². The summed E-state index contributed by atoms with van der Waals surface area (Å²) in [5.41, 5.74) is 5.45. The second-order valence-corrected chi connectivity index (χ2v) is 8.28. The Labute approximate surface area is 146 Å². The van der Waals surface area contributed by atoms with Crippen molar-refractivity contribution in [1.82, 2.24) is 4.90 Å². The molecule has 0 radical (unpaired) electrons. The van der Waals surface area contributed by atoms with Gasteiger partial charge in [0.1, 0.15) is 0 Å². The lowest BCUT2D eigenvalue weighted by molar-refractivity contribution is -0.144. The van der Waals surface area contributed by atoms with Gasteiger partial charge in [0, 0.05) is 23.9 Å². The van der Waals surface area contributed by atoms with Gasteiger partial charge in [0.05, 0.1) is 0 Å². The van der Waals surface area contributed by atoms with Crippen molar-refractivity contribution in [1.29, 1.82) is 0 Å². The molecule has 3 saturated carbocycles. The van der Waals surface area contributed by atoms with E-state index in [0.29, 0.717) is 18.0 Å².